The van der Waals surface area contributed by atoms with E-state index in [1.807, 2.05) is 104 Å². The molecule has 4 nitrogen and oxygen atoms in total. The minimum atomic E-state index is -0.969. The Morgan fingerprint density at radius 2 is 1.29 bits per heavy atom. The summed E-state index contributed by atoms with van der Waals surface area (Å²) >= 11 is 0. The second-order valence-electron chi connectivity index (χ2n) is 8.01. The second kappa shape index (κ2) is 9.00. The van der Waals surface area contributed by atoms with Crippen molar-refractivity contribution in [3.8, 4) is 0 Å². The van der Waals surface area contributed by atoms with E-state index in [9.17, 15) is 14.7 Å². The van der Waals surface area contributed by atoms with Gasteiger partial charge in [0.15, 0.2) is 0 Å². The molecule has 2 N–H and O–H groups in total. The zero-order valence-corrected chi connectivity index (χ0v) is 17.3. The summed E-state index contributed by atoms with van der Waals surface area (Å²) in [6, 6.07) is 26.7. The average molecular weight is 412 g/mol. The van der Waals surface area contributed by atoms with Crippen molar-refractivity contribution in [2.75, 3.05) is 5.32 Å². The first-order chi connectivity index (χ1) is 15.0. The molecule has 1 aliphatic rings. The Kier molecular flexibility index (Phi) is 5.99. The predicted molar refractivity (Wildman–Crippen MR) is 122 cm³/mol. The number of aliphatic carboxylic acids is 1. The molecule has 0 bridgehead atoms. The number of carbonyl (C=O) groups excluding carboxylic acids is 1. The van der Waals surface area contributed by atoms with Crippen LogP contribution in [-0.2, 0) is 9.59 Å². The topological polar surface area (TPSA) is 66.4 Å². The van der Waals surface area contributed by atoms with Crippen LogP contribution in [0.2, 0.25) is 0 Å². The fourth-order valence-corrected chi connectivity index (χ4v) is 4.49. The Bertz CT molecular complexity index is 1090. The monoisotopic (exact) mass is 411 g/mol. The Morgan fingerprint density at radius 3 is 1.81 bits per heavy atom. The van der Waals surface area contributed by atoms with Gasteiger partial charge in [-0.05, 0) is 35.7 Å². The number of hydrogen-bond acceptors (Lipinski definition) is 2. The van der Waals surface area contributed by atoms with Crippen molar-refractivity contribution in [1.29, 1.82) is 0 Å². The van der Waals surface area contributed by atoms with Gasteiger partial charge in [0.1, 0.15) is 0 Å². The van der Waals surface area contributed by atoms with Crippen LogP contribution < -0.4 is 5.32 Å². The van der Waals surface area contributed by atoms with E-state index in [4.69, 9.17) is 0 Å². The molecular formula is C27H25NO3. The lowest BCUT2D eigenvalue weighted by atomic mass is 9.66. The van der Waals surface area contributed by atoms with Crippen molar-refractivity contribution >= 4 is 17.6 Å². The number of carboxylic acid groups (broad SMARTS) is 1. The van der Waals surface area contributed by atoms with Crippen molar-refractivity contribution in [2.45, 2.75) is 18.8 Å². The molecule has 4 heteroatoms. The minimum Gasteiger partial charge on any atom is -0.481 e. The molecule has 1 aliphatic carbocycles. The van der Waals surface area contributed by atoms with Crippen LogP contribution in [0.15, 0.2) is 97.1 Å². The van der Waals surface area contributed by atoms with Gasteiger partial charge >= 0.3 is 5.97 Å². The van der Waals surface area contributed by atoms with Crippen LogP contribution in [0.4, 0.5) is 5.69 Å². The number of hydrogen-bond donors (Lipinski definition) is 2. The number of benzene rings is 3. The number of aryl methyl sites for hydroxylation is 1. The van der Waals surface area contributed by atoms with Crippen LogP contribution in [0.5, 0.6) is 0 Å². The molecule has 0 aliphatic heterocycles. The first-order valence-electron chi connectivity index (χ1n) is 10.4. The molecule has 0 heterocycles. The van der Waals surface area contributed by atoms with Gasteiger partial charge in [0.05, 0.1) is 11.8 Å². The third-order valence-electron chi connectivity index (χ3n) is 5.93. The molecule has 0 unspecified atom stereocenters. The van der Waals surface area contributed by atoms with E-state index in [0.717, 1.165) is 16.7 Å². The van der Waals surface area contributed by atoms with Crippen LogP contribution in [0, 0.1) is 18.8 Å². The summed E-state index contributed by atoms with van der Waals surface area (Å²) in [5.74, 6) is -3.60. The summed E-state index contributed by atoms with van der Waals surface area (Å²) in [6.45, 7) is 1.96. The van der Waals surface area contributed by atoms with Gasteiger partial charge in [0, 0.05) is 17.5 Å². The summed E-state index contributed by atoms with van der Waals surface area (Å²) in [5, 5.41) is 13.2. The fourth-order valence-electron chi connectivity index (χ4n) is 4.49. The molecule has 0 saturated carbocycles. The molecule has 0 aromatic heterocycles. The number of amides is 1. The summed E-state index contributed by atoms with van der Waals surface area (Å²) in [7, 11) is 0. The Hall–Kier alpha value is -3.66. The molecule has 4 rings (SSSR count). The lowest BCUT2D eigenvalue weighted by Crippen LogP contribution is -2.42. The number of rotatable bonds is 5. The molecule has 0 spiro atoms. The number of allylic oxidation sites excluding steroid dienone is 2. The minimum absolute atomic E-state index is 0.280. The molecule has 0 fully saturated rings. The highest BCUT2D eigenvalue weighted by molar-refractivity contribution is 5.96. The molecular weight excluding hydrogens is 386 g/mol. The summed E-state index contributed by atoms with van der Waals surface area (Å²) in [4.78, 5) is 26.1. The second-order valence-corrected chi connectivity index (χ2v) is 8.01. The van der Waals surface area contributed by atoms with Crippen molar-refractivity contribution < 1.29 is 14.7 Å². The van der Waals surface area contributed by atoms with Crippen LogP contribution in [0.1, 0.15) is 28.5 Å². The van der Waals surface area contributed by atoms with Gasteiger partial charge in [-0.2, -0.15) is 0 Å². The van der Waals surface area contributed by atoms with Crippen molar-refractivity contribution in [3.63, 3.8) is 0 Å². The molecule has 1 amide bonds. The van der Waals surface area contributed by atoms with Crippen LogP contribution in [-0.4, -0.2) is 17.0 Å². The van der Waals surface area contributed by atoms with E-state index < -0.39 is 17.8 Å². The first kappa shape index (κ1) is 20.6. The molecule has 0 saturated heterocycles. The number of carbonyl (C=O) groups is 2. The van der Waals surface area contributed by atoms with E-state index in [1.165, 1.54) is 0 Å². The summed E-state index contributed by atoms with van der Waals surface area (Å²) in [6.07, 6.45) is 3.94. The van der Waals surface area contributed by atoms with Crippen molar-refractivity contribution in [3.05, 3.63) is 114 Å². The van der Waals surface area contributed by atoms with Gasteiger partial charge < -0.3 is 10.4 Å². The van der Waals surface area contributed by atoms with E-state index >= 15 is 0 Å². The highest BCUT2D eigenvalue weighted by Crippen LogP contribution is 2.45. The van der Waals surface area contributed by atoms with E-state index in [1.54, 1.807) is 0 Å². The highest BCUT2D eigenvalue weighted by atomic mass is 16.4. The van der Waals surface area contributed by atoms with Crippen molar-refractivity contribution in [2.24, 2.45) is 11.8 Å². The number of nitrogens with one attached hydrogen (secondary N) is 1. The van der Waals surface area contributed by atoms with E-state index in [-0.39, 0.29) is 17.7 Å². The molecule has 3 aromatic rings. The maximum atomic E-state index is 13.5. The van der Waals surface area contributed by atoms with Gasteiger partial charge in [-0.3, -0.25) is 9.59 Å². The van der Waals surface area contributed by atoms with Crippen LogP contribution in [0.3, 0.4) is 0 Å². The Morgan fingerprint density at radius 1 is 0.742 bits per heavy atom. The van der Waals surface area contributed by atoms with Crippen LogP contribution >= 0.6 is 0 Å². The zero-order chi connectivity index (χ0) is 21.8. The number of carboxylic acids is 1. The normalized spacial score (nSPS) is 22.6. The third kappa shape index (κ3) is 4.43. The fraction of sp³-hybridized carbons (Fsp3) is 0.185. The molecule has 156 valence electrons. The third-order valence-corrected chi connectivity index (χ3v) is 5.93. The quantitative estimate of drug-likeness (QED) is 0.553. The maximum absolute atomic E-state index is 13.5. The lowest BCUT2D eigenvalue weighted by molar-refractivity contribution is -0.147. The number of anilines is 1. The largest absolute Gasteiger partial charge is 0.481 e. The molecule has 31 heavy (non-hydrogen) atoms. The van der Waals surface area contributed by atoms with Gasteiger partial charge in [-0.25, -0.2) is 0 Å². The highest BCUT2D eigenvalue weighted by Gasteiger charge is 2.46. The molecule has 3 aromatic carbocycles. The smallest absolute Gasteiger partial charge is 0.308 e. The maximum Gasteiger partial charge on any atom is 0.308 e. The van der Waals surface area contributed by atoms with E-state index in [2.05, 4.69) is 5.32 Å². The zero-order valence-electron chi connectivity index (χ0n) is 17.3. The summed E-state index contributed by atoms with van der Waals surface area (Å²) in [5.41, 5.74) is 3.52. The Balaban J connectivity index is 1.77. The SMILES string of the molecule is Cc1cccc(NC(=O)[C@H]2[C@@H](C(=O)O)[C@@H](c3ccccc3)C=C[C@H]2c2ccccc2)c1. The molecule has 4 atom stereocenters. The van der Waals surface area contributed by atoms with Crippen LogP contribution in [0.25, 0.3) is 0 Å². The van der Waals surface area contributed by atoms with Gasteiger partial charge in [0.25, 0.3) is 0 Å². The molecule has 0 radical (unpaired) electrons. The van der Waals surface area contributed by atoms with Crippen molar-refractivity contribution in [1.82, 2.24) is 0 Å². The lowest BCUT2D eigenvalue weighted by Gasteiger charge is -2.37. The predicted octanol–water partition coefficient (Wildman–Crippen LogP) is 5.39. The summed E-state index contributed by atoms with van der Waals surface area (Å²) < 4.78 is 0. The Labute approximate surface area is 182 Å². The van der Waals surface area contributed by atoms with Gasteiger partial charge in [-0.15, -0.1) is 0 Å². The van der Waals surface area contributed by atoms with E-state index in [0.29, 0.717) is 5.69 Å². The average Bonchev–Trinajstić information content (AvgIpc) is 2.79. The standard InChI is InChI=1S/C27H25NO3/c1-18-9-8-14-21(17-18)28-26(29)24-22(19-10-4-2-5-11-19)15-16-23(25(24)27(30)31)20-12-6-3-7-13-20/h2-17,22-25H,1H3,(H,28,29)(H,30,31)/t22-,23+,24+,25-/m0/s1. The first-order valence-corrected chi connectivity index (χ1v) is 10.4. The van der Waals surface area contributed by atoms with Gasteiger partial charge in [0.2, 0.25) is 5.91 Å². The van der Waals surface area contributed by atoms with Gasteiger partial charge in [-0.1, -0.05) is 84.9 Å².